The lowest BCUT2D eigenvalue weighted by atomic mass is 9.83. The minimum absolute atomic E-state index is 0.634. The Morgan fingerprint density at radius 2 is 2.31 bits per heavy atom. The van der Waals surface area contributed by atoms with Crippen LogP contribution in [0, 0.1) is 17.2 Å². The predicted octanol–water partition coefficient (Wildman–Crippen LogP) is 1.94. The Morgan fingerprint density at radius 1 is 1.44 bits per heavy atom. The molecule has 80 valence electrons. The van der Waals surface area contributed by atoms with E-state index in [0.717, 1.165) is 23.8 Å². The lowest BCUT2D eigenvalue weighted by Crippen LogP contribution is -2.15. The van der Waals surface area contributed by atoms with Crippen molar-refractivity contribution in [2.75, 3.05) is 0 Å². The van der Waals surface area contributed by atoms with Crippen LogP contribution in [0.2, 0.25) is 0 Å². The summed E-state index contributed by atoms with van der Waals surface area (Å²) in [5.41, 5.74) is 1.41. The average molecular weight is 212 g/mol. The molecule has 1 fully saturated rings. The lowest BCUT2D eigenvalue weighted by Gasteiger charge is -2.24. The van der Waals surface area contributed by atoms with Crippen LogP contribution >= 0.6 is 0 Å². The van der Waals surface area contributed by atoms with Gasteiger partial charge in [0, 0.05) is 18.7 Å². The van der Waals surface area contributed by atoms with Crippen LogP contribution in [-0.2, 0) is 6.42 Å². The molecule has 0 aliphatic heterocycles. The number of hydrogen-bond donors (Lipinski definition) is 0. The quantitative estimate of drug-likeness (QED) is 0.764. The van der Waals surface area contributed by atoms with Crippen molar-refractivity contribution >= 4 is 5.65 Å². The molecule has 1 saturated carbocycles. The molecule has 2 aromatic heterocycles. The van der Waals surface area contributed by atoms with Crippen molar-refractivity contribution < 1.29 is 0 Å². The minimum atomic E-state index is 0.634. The molecular weight excluding hydrogens is 200 g/mol. The maximum absolute atomic E-state index is 8.79. The standard InChI is InChI=1S/C12H12N4/c13-8-10-4-5-16-11(6-9-2-1-3-9)14-15-12(16)7-10/h4-5,7,9H,1-3,6H2. The van der Waals surface area contributed by atoms with E-state index in [0.29, 0.717) is 5.56 Å². The monoisotopic (exact) mass is 212 g/mol. The van der Waals surface area contributed by atoms with Gasteiger partial charge < -0.3 is 0 Å². The Hall–Kier alpha value is -1.89. The lowest BCUT2D eigenvalue weighted by molar-refractivity contribution is 0.308. The molecule has 0 unspecified atom stereocenters. The summed E-state index contributed by atoms with van der Waals surface area (Å²) >= 11 is 0. The molecule has 16 heavy (non-hydrogen) atoms. The number of aromatic nitrogens is 3. The first-order valence-electron chi connectivity index (χ1n) is 5.60. The zero-order chi connectivity index (χ0) is 11.0. The Labute approximate surface area is 93.5 Å². The van der Waals surface area contributed by atoms with Crippen molar-refractivity contribution in [1.29, 1.82) is 5.26 Å². The van der Waals surface area contributed by atoms with E-state index in [2.05, 4.69) is 16.3 Å². The highest BCUT2D eigenvalue weighted by Gasteiger charge is 2.20. The summed E-state index contributed by atoms with van der Waals surface area (Å²) in [7, 11) is 0. The first-order chi connectivity index (χ1) is 7.86. The van der Waals surface area contributed by atoms with Crippen molar-refractivity contribution in [3.63, 3.8) is 0 Å². The topological polar surface area (TPSA) is 54.0 Å². The third kappa shape index (κ3) is 1.45. The summed E-state index contributed by atoms with van der Waals surface area (Å²) in [6.07, 6.45) is 6.87. The summed E-state index contributed by atoms with van der Waals surface area (Å²) in [6.45, 7) is 0. The molecule has 0 bridgehead atoms. The van der Waals surface area contributed by atoms with Crippen LogP contribution < -0.4 is 0 Å². The average Bonchev–Trinajstić information content (AvgIpc) is 2.65. The first kappa shape index (κ1) is 9.34. The highest BCUT2D eigenvalue weighted by Crippen LogP contribution is 2.29. The van der Waals surface area contributed by atoms with Gasteiger partial charge in [-0.3, -0.25) is 4.40 Å². The molecule has 0 aromatic carbocycles. The fourth-order valence-corrected chi connectivity index (χ4v) is 2.10. The van der Waals surface area contributed by atoms with E-state index < -0.39 is 0 Å². The van der Waals surface area contributed by atoms with Crippen molar-refractivity contribution in [1.82, 2.24) is 14.6 Å². The molecule has 0 spiro atoms. The van der Waals surface area contributed by atoms with Gasteiger partial charge in [0.15, 0.2) is 5.65 Å². The van der Waals surface area contributed by atoms with E-state index in [-0.39, 0.29) is 0 Å². The van der Waals surface area contributed by atoms with Crippen LogP contribution in [0.4, 0.5) is 0 Å². The number of pyridine rings is 1. The number of nitrogens with zero attached hydrogens (tertiary/aromatic N) is 4. The molecular formula is C12H12N4. The van der Waals surface area contributed by atoms with Crippen LogP contribution in [0.5, 0.6) is 0 Å². The zero-order valence-corrected chi connectivity index (χ0v) is 8.93. The maximum atomic E-state index is 8.79. The van der Waals surface area contributed by atoms with Crippen LogP contribution in [0.3, 0.4) is 0 Å². The number of fused-ring (bicyclic) bond motifs is 1. The fraction of sp³-hybridized carbons (Fsp3) is 0.417. The van der Waals surface area contributed by atoms with E-state index in [1.807, 2.05) is 10.6 Å². The van der Waals surface area contributed by atoms with Crippen LogP contribution in [0.1, 0.15) is 30.7 Å². The summed E-state index contributed by atoms with van der Waals surface area (Å²) < 4.78 is 1.99. The van der Waals surface area contributed by atoms with Crippen molar-refractivity contribution in [2.24, 2.45) is 5.92 Å². The Bertz CT molecular complexity index is 560. The third-order valence-electron chi connectivity index (χ3n) is 3.31. The van der Waals surface area contributed by atoms with Gasteiger partial charge in [0.2, 0.25) is 0 Å². The van der Waals surface area contributed by atoms with Gasteiger partial charge in [0.05, 0.1) is 11.6 Å². The third-order valence-corrected chi connectivity index (χ3v) is 3.31. The smallest absolute Gasteiger partial charge is 0.162 e. The Morgan fingerprint density at radius 3 is 3.00 bits per heavy atom. The molecule has 2 heterocycles. The molecule has 0 N–H and O–H groups in total. The molecule has 0 atom stereocenters. The van der Waals surface area contributed by atoms with Crippen molar-refractivity contribution in [3.05, 3.63) is 29.7 Å². The van der Waals surface area contributed by atoms with Gasteiger partial charge in [-0.15, -0.1) is 10.2 Å². The van der Waals surface area contributed by atoms with Crippen molar-refractivity contribution in [2.45, 2.75) is 25.7 Å². The second-order valence-electron chi connectivity index (χ2n) is 4.37. The van der Waals surface area contributed by atoms with E-state index >= 15 is 0 Å². The van der Waals surface area contributed by atoms with Gasteiger partial charge in [-0.2, -0.15) is 5.26 Å². The molecule has 1 aliphatic rings. The van der Waals surface area contributed by atoms with Gasteiger partial charge in [-0.25, -0.2) is 0 Å². The molecule has 0 radical (unpaired) electrons. The molecule has 2 aromatic rings. The normalized spacial score (nSPS) is 15.9. The maximum Gasteiger partial charge on any atom is 0.162 e. The van der Waals surface area contributed by atoms with Gasteiger partial charge in [-0.05, 0) is 12.0 Å². The summed E-state index contributed by atoms with van der Waals surface area (Å²) in [4.78, 5) is 0. The molecule has 0 saturated heterocycles. The molecule has 0 amide bonds. The van der Waals surface area contributed by atoms with Gasteiger partial charge in [-0.1, -0.05) is 19.3 Å². The predicted molar refractivity (Wildman–Crippen MR) is 58.7 cm³/mol. The molecule has 4 nitrogen and oxygen atoms in total. The van der Waals surface area contributed by atoms with Gasteiger partial charge >= 0.3 is 0 Å². The Balaban J connectivity index is 1.97. The van der Waals surface area contributed by atoms with Crippen LogP contribution in [-0.4, -0.2) is 14.6 Å². The van der Waals surface area contributed by atoms with Crippen LogP contribution in [0.15, 0.2) is 18.3 Å². The second-order valence-corrected chi connectivity index (χ2v) is 4.37. The summed E-state index contributed by atoms with van der Waals surface area (Å²) in [5, 5.41) is 17.1. The second kappa shape index (κ2) is 3.60. The van der Waals surface area contributed by atoms with E-state index in [1.165, 1.54) is 19.3 Å². The minimum Gasteiger partial charge on any atom is -0.286 e. The Kier molecular flexibility index (Phi) is 2.10. The summed E-state index contributed by atoms with van der Waals surface area (Å²) in [5.74, 6) is 1.80. The largest absolute Gasteiger partial charge is 0.286 e. The van der Waals surface area contributed by atoms with Crippen molar-refractivity contribution in [3.8, 4) is 6.07 Å². The highest BCUT2D eigenvalue weighted by atomic mass is 15.2. The molecule has 4 heteroatoms. The van der Waals surface area contributed by atoms with Gasteiger partial charge in [0.1, 0.15) is 5.82 Å². The van der Waals surface area contributed by atoms with E-state index in [1.54, 1.807) is 12.1 Å². The van der Waals surface area contributed by atoms with E-state index in [4.69, 9.17) is 5.26 Å². The highest BCUT2D eigenvalue weighted by molar-refractivity contribution is 5.45. The molecule has 1 aliphatic carbocycles. The van der Waals surface area contributed by atoms with E-state index in [9.17, 15) is 0 Å². The number of nitriles is 1. The molecule has 3 rings (SSSR count). The zero-order valence-electron chi connectivity index (χ0n) is 8.93. The first-order valence-corrected chi connectivity index (χ1v) is 5.60. The SMILES string of the molecule is N#Cc1ccn2c(CC3CCC3)nnc2c1. The summed E-state index contributed by atoms with van der Waals surface area (Å²) in [6, 6.07) is 5.69. The fourth-order valence-electron chi connectivity index (χ4n) is 2.10. The number of hydrogen-bond acceptors (Lipinski definition) is 3. The van der Waals surface area contributed by atoms with Gasteiger partial charge in [0.25, 0.3) is 0 Å². The number of rotatable bonds is 2. The van der Waals surface area contributed by atoms with Crippen LogP contribution in [0.25, 0.3) is 5.65 Å².